The Labute approximate surface area is 169 Å². The zero-order valence-electron chi connectivity index (χ0n) is 16.3. The largest absolute Gasteiger partial charge is 0.493 e. The van der Waals surface area contributed by atoms with Crippen molar-refractivity contribution in [2.24, 2.45) is 0 Å². The van der Waals surface area contributed by atoms with Gasteiger partial charge in [-0.05, 0) is 36.8 Å². The molecule has 3 aromatic rings. The summed E-state index contributed by atoms with van der Waals surface area (Å²) in [5, 5.41) is -0.0290. The van der Waals surface area contributed by atoms with Crippen molar-refractivity contribution in [3.63, 3.8) is 0 Å². The standard InChI is InChI=1S/C23H24O4S/c1-16-6-8-17(9-7-16)20(24)14-23(28-15-19-5-4-12-27-19)18-10-11-21(25-2)22(13-18)26-3/h4-13,23H,14-15H2,1-3H3/t23-/m0/s1. The highest BCUT2D eigenvalue weighted by molar-refractivity contribution is 7.98. The minimum atomic E-state index is -0.0290. The van der Waals surface area contributed by atoms with E-state index in [1.54, 1.807) is 32.2 Å². The summed E-state index contributed by atoms with van der Waals surface area (Å²) >= 11 is 1.68. The Hall–Kier alpha value is -2.66. The van der Waals surface area contributed by atoms with Gasteiger partial charge in [-0.2, -0.15) is 0 Å². The normalized spacial score (nSPS) is 11.8. The van der Waals surface area contributed by atoms with Gasteiger partial charge in [0, 0.05) is 17.2 Å². The van der Waals surface area contributed by atoms with Crippen LogP contribution >= 0.6 is 11.8 Å². The summed E-state index contributed by atoms with van der Waals surface area (Å²) in [4.78, 5) is 12.9. The average molecular weight is 397 g/mol. The van der Waals surface area contributed by atoms with Crippen molar-refractivity contribution in [1.82, 2.24) is 0 Å². The highest BCUT2D eigenvalue weighted by Crippen LogP contribution is 2.39. The van der Waals surface area contributed by atoms with Crippen LogP contribution in [0.2, 0.25) is 0 Å². The highest BCUT2D eigenvalue weighted by Gasteiger charge is 2.20. The minimum Gasteiger partial charge on any atom is -0.493 e. The summed E-state index contributed by atoms with van der Waals surface area (Å²) in [6.45, 7) is 2.01. The maximum Gasteiger partial charge on any atom is 0.164 e. The number of carbonyl (C=O) groups excluding carboxylic acids is 1. The second-order valence-electron chi connectivity index (χ2n) is 6.49. The van der Waals surface area contributed by atoms with E-state index in [0.29, 0.717) is 23.7 Å². The van der Waals surface area contributed by atoms with Crippen molar-refractivity contribution in [2.45, 2.75) is 24.3 Å². The molecule has 0 aliphatic heterocycles. The summed E-state index contributed by atoms with van der Waals surface area (Å²) in [7, 11) is 3.23. The van der Waals surface area contributed by atoms with E-state index in [0.717, 1.165) is 22.5 Å². The van der Waals surface area contributed by atoms with Gasteiger partial charge in [-0.1, -0.05) is 35.9 Å². The van der Waals surface area contributed by atoms with Crippen LogP contribution in [0.5, 0.6) is 11.5 Å². The molecular formula is C23H24O4S. The number of thioether (sulfide) groups is 1. The van der Waals surface area contributed by atoms with Gasteiger partial charge in [0.2, 0.25) is 0 Å². The Kier molecular flexibility index (Phi) is 6.82. The molecule has 0 saturated heterocycles. The Morgan fingerprint density at radius 2 is 1.79 bits per heavy atom. The van der Waals surface area contributed by atoms with Crippen molar-refractivity contribution < 1.29 is 18.7 Å². The van der Waals surface area contributed by atoms with Crippen LogP contribution in [0.15, 0.2) is 65.3 Å². The van der Waals surface area contributed by atoms with Crippen LogP contribution in [0.4, 0.5) is 0 Å². The Morgan fingerprint density at radius 1 is 1.04 bits per heavy atom. The number of hydrogen-bond acceptors (Lipinski definition) is 5. The summed E-state index contributed by atoms with van der Waals surface area (Å²) in [6.07, 6.45) is 2.06. The summed E-state index contributed by atoms with van der Waals surface area (Å²) in [5.74, 6) is 3.02. The molecule has 146 valence electrons. The van der Waals surface area contributed by atoms with E-state index in [1.807, 2.05) is 61.5 Å². The number of Topliss-reactive ketones (excluding diaryl/α,β-unsaturated/α-hetero) is 1. The molecule has 4 nitrogen and oxygen atoms in total. The molecule has 0 N–H and O–H groups in total. The van der Waals surface area contributed by atoms with Gasteiger partial charge < -0.3 is 13.9 Å². The van der Waals surface area contributed by atoms with Gasteiger partial charge in [-0.25, -0.2) is 0 Å². The third-order valence-electron chi connectivity index (χ3n) is 4.53. The van der Waals surface area contributed by atoms with Crippen molar-refractivity contribution >= 4 is 17.5 Å². The maximum absolute atomic E-state index is 12.9. The number of aryl methyl sites for hydroxylation is 1. The molecule has 1 aromatic heterocycles. The van der Waals surface area contributed by atoms with E-state index in [-0.39, 0.29) is 11.0 Å². The number of methoxy groups -OCH3 is 2. The zero-order valence-corrected chi connectivity index (χ0v) is 17.1. The van der Waals surface area contributed by atoms with Crippen molar-refractivity contribution in [2.75, 3.05) is 14.2 Å². The Morgan fingerprint density at radius 3 is 2.43 bits per heavy atom. The molecule has 1 heterocycles. The molecule has 0 spiro atoms. The Balaban J connectivity index is 1.83. The molecule has 0 saturated carbocycles. The van der Waals surface area contributed by atoms with Crippen LogP contribution < -0.4 is 9.47 Å². The van der Waals surface area contributed by atoms with Crippen molar-refractivity contribution in [3.05, 3.63) is 83.3 Å². The lowest BCUT2D eigenvalue weighted by Crippen LogP contribution is -2.06. The van der Waals surface area contributed by atoms with Gasteiger partial charge in [-0.3, -0.25) is 4.79 Å². The van der Waals surface area contributed by atoms with Gasteiger partial charge >= 0.3 is 0 Å². The number of hydrogen-bond donors (Lipinski definition) is 0. The Bertz CT molecular complexity index is 901. The predicted octanol–water partition coefficient (Wildman–Crippen LogP) is 5.85. The van der Waals surface area contributed by atoms with Gasteiger partial charge in [0.1, 0.15) is 5.76 Å². The molecule has 2 aromatic carbocycles. The average Bonchev–Trinajstić information content (AvgIpc) is 3.24. The van der Waals surface area contributed by atoms with E-state index >= 15 is 0 Å². The smallest absolute Gasteiger partial charge is 0.164 e. The lowest BCUT2D eigenvalue weighted by molar-refractivity contribution is 0.0982. The molecule has 3 rings (SSSR count). The number of rotatable bonds is 9. The molecule has 0 radical (unpaired) electrons. The monoisotopic (exact) mass is 396 g/mol. The second kappa shape index (κ2) is 9.51. The number of ether oxygens (including phenoxy) is 2. The molecular weight excluding hydrogens is 372 g/mol. The predicted molar refractivity (Wildman–Crippen MR) is 112 cm³/mol. The fourth-order valence-corrected chi connectivity index (χ4v) is 4.07. The van der Waals surface area contributed by atoms with Crippen LogP contribution in [0.25, 0.3) is 0 Å². The molecule has 0 aliphatic carbocycles. The minimum absolute atomic E-state index is 0.0290. The van der Waals surface area contributed by atoms with Crippen LogP contribution in [-0.2, 0) is 5.75 Å². The molecule has 28 heavy (non-hydrogen) atoms. The lowest BCUT2D eigenvalue weighted by Gasteiger charge is -2.18. The third-order valence-corrected chi connectivity index (χ3v) is 5.82. The van der Waals surface area contributed by atoms with E-state index in [4.69, 9.17) is 13.9 Å². The number of benzene rings is 2. The van der Waals surface area contributed by atoms with Crippen LogP contribution in [0.1, 0.15) is 38.9 Å². The molecule has 5 heteroatoms. The third kappa shape index (κ3) is 4.98. The van der Waals surface area contributed by atoms with Crippen LogP contribution in [0.3, 0.4) is 0 Å². The summed E-state index contributed by atoms with van der Waals surface area (Å²) in [6, 6.07) is 17.3. The van der Waals surface area contributed by atoms with E-state index in [9.17, 15) is 4.79 Å². The summed E-state index contributed by atoms with van der Waals surface area (Å²) < 4.78 is 16.2. The second-order valence-corrected chi connectivity index (χ2v) is 7.68. The first-order chi connectivity index (χ1) is 13.6. The molecule has 0 fully saturated rings. The first kappa shape index (κ1) is 20.1. The molecule has 0 unspecified atom stereocenters. The van der Waals surface area contributed by atoms with Crippen LogP contribution in [-0.4, -0.2) is 20.0 Å². The zero-order chi connectivity index (χ0) is 19.9. The van der Waals surface area contributed by atoms with Gasteiger partial charge in [0.05, 0.1) is 26.2 Å². The van der Waals surface area contributed by atoms with Gasteiger partial charge in [-0.15, -0.1) is 11.8 Å². The van der Waals surface area contributed by atoms with E-state index in [1.165, 1.54) is 0 Å². The summed E-state index contributed by atoms with van der Waals surface area (Å²) in [5.41, 5.74) is 2.89. The van der Waals surface area contributed by atoms with Crippen molar-refractivity contribution in [3.8, 4) is 11.5 Å². The highest BCUT2D eigenvalue weighted by atomic mass is 32.2. The van der Waals surface area contributed by atoms with E-state index in [2.05, 4.69) is 0 Å². The fourth-order valence-electron chi connectivity index (χ4n) is 2.93. The molecule has 0 bridgehead atoms. The maximum atomic E-state index is 12.9. The lowest BCUT2D eigenvalue weighted by atomic mass is 10.0. The number of ketones is 1. The number of furan rings is 1. The topological polar surface area (TPSA) is 48.7 Å². The first-order valence-corrected chi connectivity index (χ1v) is 10.1. The van der Waals surface area contributed by atoms with Crippen molar-refractivity contribution in [1.29, 1.82) is 0 Å². The quantitative estimate of drug-likeness (QED) is 0.424. The van der Waals surface area contributed by atoms with Crippen LogP contribution in [0, 0.1) is 6.92 Å². The first-order valence-electron chi connectivity index (χ1n) is 9.06. The molecule has 0 aliphatic rings. The SMILES string of the molecule is COc1ccc([C@H](CC(=O)c2ccc(C)cc2)SCc2ccco2)cc1OC. The van der Waals surface area contributed by atoms with Gasteiger partial charge in [0.15, 0.2) is 17.3 Å². The van der Waals surface area contributed by atoms with E-state index < -0.39 is 0 Å². The number of carbonyl (C=O) groups is 1. The molecule has 0 amide bonds. The van der Waals surface area contributed by atoms with Gasteiger partial charge in [0.25, 0.3) is 0 Å². The fraction of sp³-hybridized carbons (Fsp3) is 0.261. The molecule has 1 atom stereocenters.